The van der Waals surface area contributed by atoms with Crippen molar-refractivity contribution in [2.45, 2.75) is 69.6 Å². The highest BCUT2D eigenvalue weighted by Crippen LogP contribution is 2.49. The zero-order chi connectivity index (χ0) is 21.0. The summed E-state index contributed by atoms with van der Waals surface area (Å²) >= 11 is 0. The van der Waals surface area contributed by atoms with Gasteiger partial charge in [0, 0.05) is 18.8 Å². The van der Waals surface area contributed by atoms with Crippen LogP contribution in [0.1, 0.15) is 73.4 Å². The van der Waals surface area contributed by atoms with E-state index >= 15 is 0 Å². The van der Waals surface area contributed by atoms with Gasteiger partial charge in [-0.3, -0.25) is 0 Å². The van der Waals surface area contributed by atoms with Gasteiger partial charge in [-0.1, -0.05) is 31.6 Å². The molecule has 0 saturated heterocycles. The maximum absolute atomic E-state index is 14.9. The second-order valence-electron chi connectivity index (χ2n) is 7.76. The van der Waals surface area contributed by atoms with Gasteiger partial charge >= 0.3 is 0 Å². The lowest BCUT2D eigenvalue weighted by molar-refractivity contribution is -0.0642. The largest absolute Gasteiger partial charge is 0.258 e. The topological polar surface area (TPSA) is 25.8 Å². The number of allylic oxidation sites excluding steroid dienone is 1. The Bertz CT molecular complexity index is 849. The van der Waals surface area contributed by atoms with Gasteiger partial charge in [0.05, 0.1) is 5.92 Å². The lowest BCUT2D eigenvalue weighted by atomic mass is 9.75. The van der Waals surface area contributed by atoms with E-state index in [1.807, 2.05) is 6.92 Å². The van der Waals surface area contributed by atoms with E-state index in [9.17, 15) is 17.6 Å². The van der Waals surface area contributed by atoms with Crippen LogP contribution >= 0.6 is 0 Å². The van der Waals surface area contributed by atoms with Gasteiger partial charge in [0.25, 0.3) is 5.92 Å². The number of nitrogens with zero attached hydrogens (tertiary/aromatic N) is 2. The molecule has 1 heterocycles. The van der Waals surface area contributed by atoms with Gasteiger partial charge in [0.2, 0.25) is 0 Å². The average Bonchev–Trinajstić information content (AvgIpc) is 2.69. The van der Waals surface area contributed by atoms with E-state index in [1.165, 1.54) is 12.1 Å². The minimum absolute atomic E-state index is 0.0298. The second-order valence-corrected chi connectivity index (χ2v) is 7.76. The van der Waals surface area contributed by atoms with E-state index in [0.29, 0.717) is 19.3 Å². The van der Waals surface area contributed by atoms with Crippen LogP contribution in [0.2, 0.25) is 0 Å². The predicted octanol–water partition coefficient (Wildman–Crippen LogP) is 6.51. The number of hydrogen-bond donors (Lipinski definition) is 0. The lowest BCUT2D eigenvalue weighted by Crippen LogP contribution is -2.34. The molecule has 2 aromatic rings. The number of aromatic nitrogens is 2. The summed E-state index contributed by atoms with van der Waals surface area (Å²) in [4.78, 5) is 8.31. The van der Waals surface area contributed by atoms with Gasteiger partial charge < -0.3 is 0 Å². The Labute approximate surface area is 169 Å². The molecule has 1 aromatic heterocycles. The van der Waals surface area contributed by atoms with E-state index in [-0.39, 0.29) is 23.4 Å². The smallest absolute Gasteiger partial charge is 0.241 e. The Kier molecular flexibility index (Phi) is 6.70. The molecule has 0 N–H and O–H groups in total. The number of benzene rings is 1. The number of rotatable bonds is 7. The van der Waals surface area contributed by atoms with Crippen LogP contribution in [0.15, 0.2) is 37.2 Å². The molecule has 6 heteroatoms. The molecule has 2 unspecified atom stereocenters. The third kappa shape index (κ3) is 4.68. The summed E-state index contributed by atoms with van der Waals surface area (Å²) in [6.45, 7) is 5.60. The van der Waals surface area contributed by atoms with Gasteiger partial charge in [-0.2, -0.15) is 0 Å². The van der Waals surface area contributed by atoms with E-state index in [2.05, 4.69) is 16.5 Å². The maximum atomic E-state index is 14.9. The molecule has 29 heavy (non-hydrogen) atoms. The monoisotopic (exact) mass is 406 g/mol. The molecule has 156 valence electrons. The van der Waals surface area contributed by atoms with Crippen molar-refractivity contribution >= 4 is 0 Å². The van der Waals surface area contributed by atoms with Crippen LogP contribution in [0.4, 0.5) is 17.6 Å². The fourth-order valence-corrected chi connectivity index (χ4v) is 4.07. The van der Waals surface area contributed by atoms with Crippen LogP contribution in [0.5, 0.6) is 0 Å². The maximum Gasteiger partial charge on any atom is 0.258 e. The lowest BCUT2D eigenvalue weighted by Gasteiger charge is -2.35. The van der Waals surface area contributed by atoms with Crippen molar-refractivity contribution in [3.8, 4) is 0 Å². The third-order valence-corrected chi connectivity index (χ3v) is 5.66. The predicted molar refractivity (Wildman–Crippen MR) is 105 cm³/mol. The van der Waals surface area contributed by atoms with Crippen molar-refractivity contribution in [3.63, 3.8) is 0 Å². The number of alkyl halides is 2. The van der Waals surface area contributed by atoms with Crippen molar-refractivity contribution in [2.24, 2.45) is 0 Å². The molecule has 0 radical (unpaired) electrons. The first-order valence-corrected chi connectivity index (χ1v) is 10.1. The Morgan fingerprint density at radius 1 is 1.10 bits per heavy atom. The Morgan fingerprint density at radius 2 is 1.83 bits per heavy atom. The fourth-order valence-electron chi connectivity index (χ4n) is 4.07. The van der Waals surface area contributed by atoms with E-state index < -0.39 is 35.8 Å². The van der Waals surface area contributed by atoms with Gasteiger partial charge in [-0.05, 0) is 54.7 Å². The molecule has 0 aliphatic heterocycles. The first-order valence-electron chi connectivity index (χ1n) is 10.1. The summed E-state index contributed by atoms with van der Waals surface area (Å²) < 4.78 is 58.8. The summed E-state index contributed by atoms with van der Waals surface area (Å²) in [6, 6.07) is 2.95. The van der Waals surface area contributed by atoms with Crippen LogP contribution in [0, 0.1) is 11.6 Å². The first-order chi connectivity index (χ1) is 13.9. The summed E-state index contributed by atoms with van der Waals surface area (Å²) in [5.74, 6) is -6.74. The van der Waals surface area contributed by atoms with Crippen LogP contribution < -0.4 is 0 Å². The van der Waals surface area contributed by atoms with Crippen molar-refractivity contribution < 1.29 is 17.6 Å². The van der Waals surface area contributed by atoms with Gasteiger partial charge in [0.15, 0.2) is 11.6 Å². The van der Waals surface area contributed by atoms with Crippen LogP contribution in [-0.4, -0.2) is 15.9 Å². The quantitative estimate of drug-likeness (QED) is 0.387. The van der Waals surface area contributed by atoms with Crippen molar-refractivity contribution in [1.82, 2.24) is 9.97 Å². The molecular formula is C23H26F4N2. The summed E-state index contributed by atoms with van der Waals surface area (Å²) in [7, 11) is 0. The molecule has 2 nitrogen and oxygen atoms in total. The second kappa shape index (κ2) is 9.06. The Balaban J connectivity index is 1.77. The van der Waals surface area contributed by atoms with Crippen molar-refractivity contribution in [3.05, 3.63) is 71.3 Å². The highest BCUT2D eigenvalue weighted by molar-refractivity contribution is 5.30. The molecule has 1 aliphatic carbocycles. The minimum atomic E-state index is -3.08. The Morgan fingerprint density at radius 3 is 2.45 bits per heavy atom. The average molecular weight is 406 g/mol. The summed E-state index contributed by atoms with van der Waals surface area (Å²) in [5.41, 5.74) is 1.19. The van der Waals surface area contributed by atoms with E-state index in [1.54, 1.807) is 18.5 Å². The number of halogens is 4. The van der Waals surface area contributed by atoms with Crippen LogP contribution in [-0.2, 0) is 12.8 Å². The molecule has 1 aliphatic rings. The zero-order valence-electron chi connectivity index (χ0n) is 16.6. The molecule has 2 atom stereocenters. The van der Waals surface area contributed by atoms with Crippen molar-refractivity contribution in [2.75, 3.05) is 0 Å². The number of aryl methyl sites for hydroxylation is 2. The molecule has 0 bridgehead atoms. The summed E-state index contributed by atoms with van der Waals surface area (Å²) in [5, 5.41) is 0. The molecule has 1 saturated carbocycles. The molecule has 3 rings (SSSR count). The van der Waals surface area contributed by atoms with Gasteiger partial charge in [-0.25, -0.2) is 27.5 Å². The third-order valence-electron chi connectivity index (χ3n) is 5.66. The van der Waals surface area contributed by atoms with E-state index in [0.717, 1.165) is 18.4 Å². The van der Waals surface area contributed by atoms with Gasteiger partial charge in [0.1, 0.15) is 5.82 Å². The highest BCUT2D eigenvalue weighted by atomic mass is 19.3. The summed E-state index contributed by atoms with van der Waals surface area (Å²) in [6.07, 6.45) is 7.35. The standard InChI is InChI=1S/C23H26F4N2/c1-3-5-7-16-8-10-18(21(25)20(16)24)17-9-11-19(23(26,27)12-17)22-28-13-15(6-4-2)14-29-22/h3,8,10,13-14,17,19H,1,4-7,9,11-12H2,2H3. The molecule has 0 spiro atoms. The van der Waals surface area contributed by atoms with Crippen LogP contribution in [0.25, 0.3) is 0 Å². The first kappa shape index (κ1) is 21.5. The minimum Gasteiger partial charge on any atom is -0.241 e. The van der Waals surface area contributed by atoms with Gasteiger partial charge in [-0.15, -0.1) is 6.58 Å². The molecule has 1 aromatic carbocycles. The fraction of sp³-hybridized carbons (Fsp3) is 0.478. The molecule has 1 fully saturated rings. The molecule has 0 amide bonds. The Hall–Kier alpha value is -2.24. The normalized spacial score (nSPS) is 21.1. The van der Waals surface area contributed by atoms with E-state index in [4.69, 9.17) is 0 Å². The van der Waals surface area contributed by atoms with Crippen molar-refractivity contribution in [1.29, 1.82) is 0 Å². The molecular weight excluding hydrogens is 380 g/mol. The number of hydrogen-bond acceptors (Lipinski definition) is 2. The SMILES string of the molecule is C=CCCc1ccc(C2CCC(c3ncc(CCC)cn3)C(F)(F)C2)c(F)c1F. The zero-order valence-corrected chi connectivity index (χ0v) is 16.6. The highest BCUT2D eigenvalue weighted by Gasteiger charge is 2.48. The van der Waals surface area contributed by atoms with Crippen LogP contribution in [0.3, 0.4) is 0 Å².